The lowest BCUT2D eigenvalue weighted by atomic mass is 10.1. The third-order valence-electron chi connectivity index (χ3n) is 5.44. The molecular weight excluding hydrogens is 423 g/mol. The fraction of sp³-hybridized carbons (Fsp3) is 0.200. The van der Waals surface area contributed by atoms with Gasteiger partial charge in [0.05, 0.1) is 7.11 Å². The first-order valence-electron chi connectivity index (χ1n) is 10.4. The maximum atomic E-state index is 13.3. The molecule has 0 aliphatic carbocycles. The van der Waals surface area contributed by atoms with Crippen molar-refractivity contribution in [1.82, 2.24) is 14.9 Å². The second-order valence-corrected chi connectivity index (χ2v) is 8.00. The molecule has 2 heterocycles. The van der Waals surface area contributed by atoms with Crippen LogP contribution in [0.1, 0.15) is 16.8 Å². The lowest BCUT2D eigenvalue weighted by molar-refractivity contribution is 0.415. The minimum Gasteiger partial charge on any atom is -0.497 e. The summed E-state index contributed by atoms with van der Waals surface area (Å²) in [5.74, 6) is 0.553. The molecule has 0 amide bonds. The van der Waals surface area contributed by atoms with Gasteiger partial charge in [-0.2, -0.15) is 0 Å². The number of H-pyrrole nitrogens is 1. The maximum absolute atomic E-state index is 13.3. The van der Waals surface area contributed by atoms with Crippen LogP contribution in [0, 0.1) is 12.7 Å². The molecule has 32 heavy (non-hydrogen) atoms. The van der Waals surface area contributed by atoms with Crippen molar-refractivity contribution in [3.8, 4) is 5.75 Å². The fourth-order valence-electron chi connectivity index (χ4n) is 3.76. The first-order chi connectivity index (χ1) is 15.5. The molecule has 0 saturated carbocycles. The SMILES string of the molecule is COc1ccc2[nH]c(C)c(CCN(Cc3cccnc3)C(=S)Nc3ccc(F)cc3)c2c1. The van der Waals surface area contributed by atoms with E-state index in [9.17, 15) is 4.39 Å². The Bertz CT molecular complexity index is 1210. The topological polar surface area (TPSA) is 53.2 Å². The first-order valence-corrected chi connectivity index (χ1v) is 10.8. The van der Waals surface area contributed by atoms with Crippen LogP contribution in [0.4, 0.5) is 10.1 Å². The molecule has 2 aromatic carbocycles. The van der Waals surface area contributed by atoms with Crippen LogP contribution in [0.15, 0.2) is 67.0 Å². The van der Waals surface area contributed by atoms with Gasteiger partial charge in [0.15, 0.2) is 5.11 Å². The standard InChI is InChI=1S/C25H25FN4OS/c1-17-22(23-14-21(31-2)9-10-24(23)28-17)11-13-30(16-18-4-3-12-27-15-18)25(32)29-20-7-5-19(26)6-8-20/h3-10,12,14-15,28H,11,13,16H2,1-2H3,(H,29,32). The normalized spacial score (nSPS) is 10.8. The molecule has 0 aliphatic heterocycles. The summed E-state index contributed by atoms with van der Waals surface area (Å²) in [6.07, 6.45) is 4.39. The van der Waals surface area contributed by atoms with E-state index in [1.165, 1.54) is 17.7 Å². The number of methoxy groups -OCH3 is 1. The number of rotatable bonds is 7. The molecule has 0 atom stereocenters. The molecule has 0 spiro atoms. The van der Waals surface area contributed by atoms with E-state index >= 15 is 0 Å². The highest BCUT2D eigenvalue weighted by molar-refractivity contribution is 7.80. The lowest BCUT2D eigenvalue weighted by Crippen LogP contribution is -2.36. The average Bonchev–Trinajstić information content (AvgIpc) is 3.12. The molecule has 0 aliphatic rings. The Balaban J connectivity index is 1.56. The number of halogens is 1. The van der Waals surface area contributed by atoms with Crippen LogP contribution in [-0.2, 0) is 13.0 Å². The summed E-state index contributed by atoms with van der Waals surface area (Å²) < 4.78 is 18.7. The summed E-state index contributed by atoms with van der Waals surface area (Å²) in [7, 11) is 1.68. The number of benzene rings is 2. The van der Waals surface area contributed by atoms with Crippen LogP contribution in [0.2, 0.25) is 0 Å². The molecule has 0 bridgehead atoms. The number of aryl methyl sites for hydroxylation is 1. The highest BCUT2D eigenvalue weighted by Crippen LogP contribution is 2.27. The van der Waals surface area contributed by atoms with Gasteiger partial charge in [-0.25, -0.2) is 4.39 Å². The second-order valence-electron chi connectivity index (χ2n) is 7.61. The van der Waals surface area contributed by atoms with Gasteiger partial charge in [-0.05, 0) is 85.2 Å². The van der Waals surface area contributed by atoms with Crippen LogP contribution in [0.25, 0.3) is 10.9 Å². The minimum atomic E-state index is -0.279. The number of thiocarbonyl (C=S) groups is 1. The van der Waals surface area contributed by atoms with Gasteiger partial charge in [0, 0.05) is 47.8 Å². The Hall–Kier alpha value is -3.45. The van der Waals surface area contributed by atoms with Gasteiger partial charge >= 0.3 is 0 Å². The highest BCUT2D eigenvalue weighted by Gasteiger charge is 2.15. The van der Waals surface area contributed by atoms with Crippen molar-refractivity contribution >= 4 is 33.9 Å². The second kappa shape index (κ2) is 9.78. The summed E-state index contributed by atoms with van der Waals surface area (Å²) in [4.78, 5) is 9.79. The zero-order valence-electron chi connectivity index (χ0n) is 18.1. The molecule has 0 radical (unpaired) electrons. The maximum Gasteiger partial charge on any atom is 0.173 e. The Kier molecular flexibility index (Phi) is 6.66. The van der Waals surface area contributed by atoms with Crippen molar-refractivity contribution in [3.05, 3.63) is 89.6 Å². The monoisotopic (exact) mass is 448 g/mol. The molecule has 0 fully saturated rings. The van der Waals surface area contributed by atoms with Crippen LogP contribution < -0.4 is 10.1 Å². The minimum absolute atomic E-state index is 0.279. The molecule has 4 rings (SSSR count). The van der Waals surface area contributed by atoms with Crippen molar-refractivity contribution in [1.29, 1.82) is 0 Å². The van der Waals surface area contributed by atoms with Gasteiger partial charge in [-0.3, -0.25) is 4.98 Å². The van der Waals surface area contributed by atoms with E-state index in [2.05, 4.69) is 33.2 Å². The summed E-state index contributed by atoms with van der Waals surface area (Å²) in [5.41, 5.74) is 5.27. The molecular formula is C25H25FN4OS. The van der Waals surface area contributed by atoms with Gasteiger partial charge in [0.1, 0.15) is 11.6 Å². The molecule has 164 valence electrons. The van der Waals surface area contributed by atoms with Gasteiger partial charge in [-0.15, -0.1) is 0 Å². The zero-order chi connectivity index (χ0) is 22.5. The summed E-state index contributed by atoms with van der Waals surface area (Å²) in [6, 6.07) is 16.2. The van der Waals surface area contributed by atoms with Crippen molar-refractivity contribution in [2.24, 2.45) is 0 Å². The number of anilines is 1. The van der Waals surface area contributed by atoms with Crippen LogP contribution >= 0.6 is 12.2 Å². The highest BCUT2D eigenvalue weighted by atomic mass is 32.1. The van der Waals surface area contributed by atoms with Crippen LogP contribution in [-0.4, -0.2) is 33.6 Å². The third-order valence-corrected chi connectivity index (χ3v) is 5.80. The number of nitrogens with one attached hydrogen (secondary N) is 2. The number of aromatic amines is 1. The van der Waals surface area contributed by atoms with Gasteiger partial charge in [-0.1, -0.05) is 6.07 Å². The van der Waals surface area contributed by atoms with E-state index in [0.717, 1.165) is 40.0 Å². The van der Waals surface area contributed by atoms with Gasteiger partial charge in [0.25, 0.3) is 0 Å². The number of fused-ring (bicyclic) bond motifs is 1. The first kappa shape index (κ1) is 21.8. The molecule has 7 heteroatoms. The Morgan fingerprint density at radius 3 is 2.72 bits per heavy atom. The number of ether oxygens (including phenoxy) is 1. The molecule has 2 aromatic heterocycles. The van der Waals surface area contributed by atoms with E-state index < -0.39 is 0 Å². The van der Waals surface area contributed by atoms with Crippen LogP contribution in [0.3, 0.4) is 0 Å². The molecule has 5 nitrogen and oxygen atoms in total. The van der Waals surface area contributed by atoms with Crippen molar-refractivity contribution in [2.75, 3.05) is 19.0 Å². The summed E-state index contributed by atoms with van der Waals surface area (Å²) in [6.45, 7) is 3.40. The van der Waals surface area contributed by atoms with E-state index in [-0.39, 0.29) is 5.82 Å². The molecule has 2 N–H and O–H groups in total. The Labute approximate surface area is 192 Å². The summed E-state index contributed by atoms with van der Waals surface area (Å²) in [5, 5.41) is 4.96. The predicted octanol–water partition coefficient (Wildman–Crippen LogP) is 5.46. The quantitative estimate of drug-likeness (QED) is 0.368. The molecule has 0 unspecified atom stereocenters. The van der Waals surface area contributed by atoms with E-state index in [1.54, 1.807) is 25.4 Å². The van der Waals surface area contributed by atoms with E-state index in [1.807, 2.05) is 30.5 Å². The molecule has 0 saturated heterocycles. The van der Waals surface area contributed by atoms with Gasteiger partial charge < -0.3 is 19.9 Å². The van der Waals surface area contributed by atoms with Crippen molar-refractivity contribution in [3.63, 3.8) is 0 Å². The number of pyridine rings is 1. The van der Waals surface area contributed by atoms with Gasteiger partial charge in [0.2, 0.25) is 0 Å². The third kappa shape index (κ3) is 5.06. The van der Waals surface area contributed by atoms with E-state index in [4.69, 9.17) is 17.0 Å². The summed E-state index contributed by atoms with van der Waals surface area (Å²) >= 11 is 5.73. The fourth-order valence-corrected chi connectivity index (χ4v) is 4.03. The lowest BCUT2D eigenvalue weighted by Gasteiger charge is -2.26. The smallest absolute Gasteiger partial charge is 0.173 e. The Morgan fingerprint density at radius 1 is 1.19 bits per heavy atom. The average molecular weight is 449 g/mol. The predicted molar refractivity (Wildman–Crippen MR) is 131 cm³/mol. The number of hydrogen-bond donors (Lipinski definition) is 2. The Morgan fingerprint density at radius 2 is 2.00 bits per heavy atom. The largest absolute Gasteiger partial charge is 0.497 e. The number of nitrogens with zero attached hydrogens (tertiary/aromatic N) is 2. The molecule has 4 aromatic rings. The van der Waals surface area contributed by atoms with Crippen molar-refractivity contribution < 1.29 is 9.13 Å². The van der Waals surface area contributed by atoms with Crippen molar-refractivity contribution in [2.45, 2.75) is 19.9 Å². The van der Waals surface area contributed by atoms with E-state index in [0.29, 0.717) is 18.2 Å². The van der Waals surface area contributed by atoms with Crippen LogP contribution in [0.5, 0.6) is 5.75 Å². The zero-order valence-corrected chi connectivity index (χ0v) is 18.9. The number of hydrogen-bond acceptors (Lipinski definition) is 3. The number of aromatic nitrogens is 2.